The van der Waals surface area contributed by atoms with Crippen LogP contribution < -0.4 is 10.2 Å². The second kappa shape index (κ2) is 7.87. The first-order chi connectivity index (χ1) is 13.6. The predicted molar refractivity (Wildman–Crippen MR) is 110 cm³/mol. The van der Waals surface area contributed by atoms with Crippen LogP contribution in [0.15, 0.2) is 65.9 Å². The second-order valence-corrected chi connectivity index (χ2v) is 7.26. The Morgan fingerprint density at radius 3 is 2.34 bits per heavy atom. The number of nitrogens with zero attached hydrogens (tertiary/aromatic N) is 2. The van der Waals surface area contributed by atoms with Gasteiger partial charge in [-0.1, -0.05) is 30.3 Å². The van der Waals surface area contributed by atoms with Gasteiger partial charge in [-0.05, 0) is 49.0 Å². The lowest BCUT2D eigenvalue weighted by Gasteiger charge is -2.38. The lowest BCUT2D eigenvalue weighted by molar-refractivity contribution is -0.137. The Morgan fingerprint density at radius 2 is 1.76 bits per heavy atom. The minimum absolute atomic E-state index is 0.305. The van der Waals surface area contributed by atoms with Crippen molar-refractivity contribution in [3.63, 3.8) is 0 Å². The number of para-hydroxylation sites is 1. The van der Waals surface area contributed by atoms with Gasteiger partial charge in [0.15, 0.2) is 5.11 Å². The van der Waals surface area contributed by atoms with E-state index in [2.05, 4.69) is 5.32 Å². The Bertz CT molecular complexity index is 971. The van der Waals surface area contributed by atoms with E-state index in [9.17, 15) is 18.0 Å². The molecule has 2 aromatic carbocycles. The number of allylic oxidation sites excluding steroid dienone is 1. The number of rotatable bonds is 3. The predicted octanol–water partition coefficient (Wildman–Crippen LogP) is 4.50. The van der Waals surface area contributed by atoms with Crippen LogP contribution in [0.2, 0.25) is 0 Å². The van der Waals surface area contributed by atoms with Gasteiger partial charge in [-0.15, -0.1) is 0 Å². The third-order valence-electron chi connectivity index (χ3n) is 4.68. The Hall–Kier alpha value is -2.87. The van der Waals surface area contributed by atoms with Crippen LogP contribution in [0, 0.1) is 0 Å². The van der Waals surface area contributed by atoms with Gasteiger partial charge in [0.05, 0.1) is 17.2 Å². The molecule has 0 saturated carbocycles. The van der Waals surface area contributed by atoms with Gasteiger partial charge in [-0.2, -0.15) is 13.2 Å². The number of hydrogen-bond acceptors (Lipinski definition) is 2. The fraction of sp³-hybridized carbons (Fsp3) is 0.238. The third-order valence-corrected chi connectivity index (χ3v) is 4.98. The fourth-order valence-electron chi connectivity index (χ4n) is 3.29. The highest BCUT2D eigenvalue weighted by Gasteiger charge is 2.37. The molecule has 3 rings (SSSR count). The highest BCUT2D eigenvalue weighted by molar-refractivity contribution is 7.80. The molecule has 1 atom stereocenters. The molecule has 2 aromatic rings. The summed E-state index contributed by atoms with van der Waals surface area (Å²) in [4.78, 5) is 16.1. The molecule has 1 N–H and O–H groups in total. The molecule has 4 nitrogen and oxygen atoms in total. The third kappa shape index (κ3) is 4.12. The molecule has 0 fully saturated rings. The largest absolute Gasteiger partial charge is 0.416 e. The van der Waals surface area contributed by atoms with Crippen molar-refractivity contribution in [2.75, 3.05) is 19.0 Å². The van der Waals surface area contributed by atoms with Gasteiger partial charge in [0, 0.05) is 25.5 Å². The number of thiocarbonyl (C=S) groups is 1. The first kappa shape index (κ1) is 20.9. The molecular weight excluding hydrogens is 399 g/mol. The molecule has 1 aliphatic rings. The summed E-state index contributed by atoms with van der Waals surface area (Å²) in [6.07, 6.45) is -4.48. The van der Waals surface area contributed by atoms with Crippen LogP contribution in [0.3, 0.4) is 0 Å². The Labute approximate surface area is 172 Å². The van der Waals surface area contributed by atoms with Crippen LogP contribution in [-0.2, 0) is 11.0 Å². The number of nitrogens with one attached hydrogen (secondary N) is 1. The maximum Gasteiger partial charge on any atom is 0.416 e. The van der Waals surface area contributed by atoms with Crippen molar-refractivity contribution in [2.24, 2.45) is 0 Å². The van der Waals surface area contributed by atoms with Crippen molar-refractivity contribution in [1.82, 2.24) is 10.2 Å². The summed E-state index contributed by atoms with van der Waals surface area (Å²) < 4.78 is 39.6. The van der Waals surface area contributed by atoms with Crippen LogP contribution in [-0.4, -0.2) is 30.0 Å². The highest BCUT2D eigenvalue weighted by atomic mass is 32.1. The van der Waals surface area contributed by atoms with Gasteiger partial charge in [0.1, 0.15) is 0 Å². The number of carbonyl (C=O) groups excluding carboxylic acids is 1. The van der Waals surface area contributed by atoms with E-state index < -0.39 is 17.8 Å². The number of benzene rings is 2. The van der Waals surface area contributed by atoms with E-state index in [-0.39, 0.29) is 5.91 Å². The monoisotopic (exact) mass is 419 g/mol. The quantitative estimate of drug-likeness (QED) is 0.743. The fourth-order valence-corrected chi connectivity index (χ4v) is 3.65. The van der Waals surface area contributed by atoms with Crippen LogP contribution in [0.5, 0.6) is 0 Å². The molecule has 152 valence electrons. The van der Waals surface area contributed by atoms with Crippen molar-refractivity contribution in [2.45, 2.75) is 19.1 Å². The van der Waals surface area contributed by atoms with Crippen molar-refractivity contribution in [3.05, 3.63) is 77.0 Å². The normalized spacial score (nSPS) is 17.2. The molecule has 0 saturated heterocycles. The molecule has 0 aliphatic carbocycles. The molecule has 1 heterocycles. The molecule has 0 radical (unpaired) electrons. The van der Waals surface area contributed by atoms with E-state index in [1.807, 2.05) is 30.3 Å². The van der Waals surface area contributed by atoms with Gasteiger partial charge in [0.2, 0.25) is 0 Å². The number of amides is 1. The minimum atomic E-state index is -4.48. The molecule has 29 heavy (non-hydrogen) atoms. The summed E-state index contributed by atoms with van der Waals surface area (Å²) in [6, 6.07) is 13.4. The average molecular weight is 419 g/mol. The van der Waals surface area contributed by atoms with Crippen molar-refractivity contribution < 1.29 is 18.0 Å². The van der Waals surface area contributed by atoms with Gasteiger partial charge in [-0.25, -0.2) is 0 Å². The van der Waals surface area contributed by atoms with Crippen LogP contribution >= 0.6 is 12.2 Å². The van der Waals surface area contributed by atoms with E-state index in [4.69, 9.17) is 12.2 Å². The molecular formula is C21H20F3N3OS. The molecule has 0 aromatic heterocycles. The Kier molecular flexibility index (Phi) is 5.66. The van der Waals surface area contributed by atoms with Crippen LogP contribution in [0.25, 0.3) is 0 Å². The molecule has 0 spiro atoms. The number of likely N-dealkylation sites (N-methyl/N-ethyl adjacent to an activating group) is 1. The standard InChI is InChI=1S/C21H20F3N3OS/c1-13-17(19(28)26(2)3)18(14-8-7-9-15(12-14)21(22,23)24)25-20(29)27(13)16-10-5-4-6-11-16/h4-12,18H,1-3H3,(H,25,29)/t18-/m1/s1. The number of halogens is 3. The number of hydrogen-bond donors (Lipinski definition) is 1. The SMILES string of the molecule is CC1=C(C(=O)N(C)C)[C@@H](c2cccc(C(F)(F)F)c2)NC(=S)N1c1ccccc1. The zero-order chi connectivity index (χ0) is 21.3. The Balaban J connectivity index is 2.17. The molecule has 1 aliphatic heterocycles. The first-order valence-electron chi connectivity index (χ1n) is 8.86. The molecule has 0 bridgehead atoms. The van der Waals surface area contributed by atoms with Gasteiger partial charge >= 0.3 is 6.18 Å². The highest BCUT2D eigenvalue weighted by Crippen LogP contribution is 2.36. The topological polar surface area (TPSA) is 35.6 Å². The summed E-state index contributed by atoms with van der Waals surface area (Å²) in [5.74, 6) is -0.305. The van der Waals surface area contributed by atoms with E-state index in [1.165, 1.54) is 11.0 Å². The molecule has 0 unspecified atom stereocenters. The van der Waals surface area contributed by atoms with Gasteiger partial charge in [-0.3, -0.25) is 9.69 Å². The van der Waals surface area contributed by atoms with Gasteiger partial charge < -0.3 is 10.2 Å². The van der Waals surface area contributed by atoms with Crippen LogP contribution in [0.1, 0.15) is 24.1 Å². The molecule has 8 heteroatoms. The second-order valence-electron chi connectivity index (χ2n) is 6.88. The van der Waals surface area contributed by atoms with E-state index in [0.717, 1.165) is 17.8 Å². The minimum Gasteiger partial charge on any atom is -0.351 e. The zero-order valence-electron chi connectivity index (χ0n) is 16.1. The summed E-state index contributed by atoms with van der Waals surface area (Å²) in [6.45, 7) is 1.75. The van der Waals surface area contributed by atoms with E-state index in [1.54, 1.807) is 32.0 Å². The van der Waals surface area contributed by atoms with E-state index in [0.29, 0.717) is 21.9 Å². The number of alkyl halides is 3. The maximum atomic E-state index is 13.2. The maximum absolute atomic E-state index is 13.2. The lowest BCUT2D eigenvalue weighted by atomic mass is 9.92. The summed E-state index contributed by atoms with van der Waals surface area (Å²) in [5.41, 5.74) is 1.21. The lowest BCUT2D eigenvalue weighted by Crippen LogP contribution is -2.49. The first-order valence-corrected chi connectivity index (χ1v) is 9.27. The average Bonchev–Trinajstić information content (AvgIpc) is 2.67. The van der Waals surface area contributed by atoms with Crippen molar-refractivity contribution in [1.29, 1.82) is 0 Å². The Morgan fingerprint density at radius 1 is 1.10 bits per heavy atom. The summed E-state index contributed by atoms with van der Waals surface area (Å²) in [7, 11) is 3.21. The summed E-state index contributed by atoms with van der Waals surface area (Å²) >= 11 is 5.51. The smallest absolute Gasteiger partial charge is 0.351 e. The van der Waals surface area contributed by atoms with Crippen molar-refractivity contribution in [3.8, 4) is 0 Å². The number of carbonyl (C=O) groups is 1. The zero-order valence-corrected chi connectivity index (χ0v) is 16.9. The number of anilines is 1. The summed E-state index contributed by atoms with van der Waals surface area (Å²) in [5, 5.41) is 3.37. The molecule has 1 amide bonds. The van der Waals surface area contributed by atoms with Crippen LogP contribution in [0.4, 0.5) is 18.9 Å². The van der Waals surface area contributed by atoms with Crippen molar-refractivity contribution >= 4 is 28.9 Å². The van der Waals surface area contributed by atoms with Gasteiger partial charge in [0.25, 0.3) is 5.91 Å². The van der Waals surface area contributed by atoms with E-state index >= 15 is 0 Å².